The zero-order valence-corrected chi connectivity index (χ0v) is 15.2. The Kier molecular flexibility index (Phi) is 5.25. The maximum absolute atomic E-state index is 10.8. The van der Waals surface area contributed by atoms with Crippen molar-refractivity contribution in [2.75, 3.05) is 5.43 Å². The molecule has 0 aliphatic carbocycles. The van der Waals surface area contributed by atoms with Crippen molar-refractivity contribution >= 4 is 41.1 Å². The number of carbonyl (C=O) groups is 1. The average Bonchev–Trinajstić information content (AvgIpc) is 2.90. The number of carboxylic acids is 1. The number of halogens is 2. The van der Waals surface area contributed by atoms with E-state index in [0.29, 0.717) is 32.8 Å². The van der Waals surface area contributed by atoms with E-state index in [4.69, 9.17) is 28.3 Å². The normalized spacial score (nSPS) is 11.0. The van der Waals surface area contributed by atoms with Gasteiger partial charge in [0.15, 0.2) is 0 Å². The van der Waals surface area contributed by atoms with Gasteiger partial charge in [-0.1, -0.05) is 35.3 Å². The van der Waals surface area contributed by atoms with E-state index in [1.54, 1.807) is 29.1 Å². The van der Waals surface area contributed by atoms with Crippen LogP contribution in [0.1, 0.15) is 21.6 Å². The van der Waals surface area contributed by atoms with Crippen LogP contribution in [0.5, 0.6) is 0 Å². The minimum absolute atomic E-state index is 0.208. The Morgan fingerprint density at radius 2 is 1.88 bits per heavy atom. The van der Waals surface area contributed by atoms with Crippen LogP contribution < -0.4 is 5.43 Å². The Morgan fingerprint density at radius 1 is 1.19 bits per heavy atom. The molecule has 8 heteroatoms. The van der Waals surface area contributed by atoms with Crippen LogP contribution >= 0.6 is 23.2 Å². The van der Waals surface area contributed by atoms with Gasteiger partial charge in [0, 0.05) is 0 Å². The molecule has 0 radical (unpaired) electrons. The molecule has 1 aromatic heterocycles. The number of hydrazone groups is 1. The third-order valence-corrected chi connectivity index (χ3v) is 4.33. The van der Waals surface area contributed by atoms with Gasteiger partial charge in [-0.25, -0.2) is 9.48 Å². The molecule has 0 aliphatic heterocycles. The van der Waals surface area contributed by atoms with Crippen LogP contribution in [-0.4, -0.2) is 27.1 Å². The van der Waals surface area contributed by atoms with E-state index in [-0.39, 0.29) is 5.56 Å². The lowest BCUT2D eigenvalue weighted by Gasteiger charge is -2.05. The van der Waals surface area contributed by atoms with E-state index in [1.807, 2.05) is 25.1 Å². The third-order valence-electron chi connectivity index (χ3n) is 3.65. The molecular formula is C18H14Cl2N4O2. The lowest BCUT2D eigenvalue weighted by Crippen LogP contribution is -1.98. The molecule has 26 heavy (non-hydrogen) atoms. The van der Waals surface area contributed by atoms with Crippen LogP contribution in [-0.2, 0) is 0 Å². The van der Waals surface area contributed by atoms with Gasteiger partial charge in [-0.15, -0.1) is 0 Å². The predicted molar refractivity (Wildman–Crippen MR) is 103 cm³/mol. The Labute approximate surface area is 159 Å². The summed E-state index contributed by atoms with van der Waals surface area (Å²) in [6.07, 6.45) is 1.56. The first-order chi connectivity index (χ1) is 12.5. The second-order valence-corrected chi connectivity index (χ2v) is 6.17. The van der Waals surface area contributed by atoms with E-state index in [1.165, 1.54) is 12.1 Å². The maximum atomic E-state index is 10.8. The van der Waals surface area contributed by atoms with Crippen LogP contribution in [0.25, 0.3) is 5.69 Å². The lowest BCUT2D eigenvalue weighted by molar-refractivity contribution is 0.0697. The van der Waals surface area contributed by atoms with E-state index in [9.17, 15) is 4.79 Å². The van der Waals surface area contributed by atoms with Gasteiger partial charge < -0.3 is 5.11 Å². The zero-order valence-electron chi connectivity index (χ0n) is 13.6. The summed E-state index contributed by atoms with van der Waals surface area (Å²) in [4.78, 5) is 10.8. The number of aryl methyl sites for hydroxylation is 1. The number of aromatic carboxylic acids is 1. The molecule has 3 aromatic rings. The first kappa shape index (κ1) is 18.0. The highest BCUT2D eigenvalue weighted by Gasteiger charge is 2.14. The van der Waals surface area contributed by atoms with Crippen molar-refractivity contribution in [1.82, 2.24) is 9.78 Å². The van der Waals surface area contributed by atoms with Gasteiger partial charge in [-0.2, -0.15) is 10.2 Å². The molecule has 1 heterocycles. The molecule has 0 bridgehead atoms. The van der Waals surface area contributed by atoms with Crippen LogP contribution in [0, 0.1) is 6.92 Å². The summed E-state index contributed by atoms with van der Waals surface area (Å²) in [5.74, 6) is -0.977. The minimum atomic E-state index is -0.977. The minimum Gasteiger partial charge on any atom is -0.478 e. The van der Waals surface area contributed by atoms with Gasteiger partial charge in [0.25, 0.3) is 0 Å². The highest BCUT2D eigenvalue weighted by atomic mass is 35.5. The highest BCUT2D eigenvalue weighted by molar-refractivity contribution is 6.34. The summed E-state index contributed by atoms with van der Waals surface area (Å²) < 4.78 is 1.56. The quantitative estimate of drug-likeness (QED) is 0.493. The fraction of sp³-hybridized carbons (Fsp3) is 0.0556. The molecule has 0 amide bonds. The predicted octanol–water partition coefficient (Wildman–Crippen LogP) is 4.63. The van der Waals surface area contributed by atoms with Gasteiger partial charge in [-0.3, -0.25) is 5.43 Å². The SMILES string of the molecule is Cc1nn(-c2ccccc2Cl)c(Cl)c1/C=N/Nc1ccc(C(=O)O)cc1. The highest BCUT2D eigenvalue weighted by Crippen LogP contribution is 2.26. The number of nitrogens with zero attached hydrogens (tertiary/aromatic N) is 3. The second kappa shape index (κ2) is 7.59. The van der Waals surface area contributed by atoms with Crippen molar-refractivity contribution in [3.05, 3.63) is 75.5 Å². The van der Waals surface area contributed by atoms with Crippen molar-refractivity contribution in [3.63, 3.8) is 0 Å². The van der Waals surface area contributed by atoms with Crippen LogP contribution in [0.15, 0.2) is 53.6 Å². The number of rotatable bonds is 5. The van der Waals surface area contributed by atoms with Crippen LogP contribution in [0.2, 0.25) is 10.2 Å². The standard InChI is InChI=1S/C18H14Cl2N4O2/c1-11-14(10-21-22-13-8-6-12(7-9-13)18(25)26)17(20)24(23-11)16-5-3-2-4-15(16)19/h2-10,22H,1H3,(H,25,26)/b21-10+. The molecule has 0 aliphatic rings. The molecule has 0 unspecified atom stereocenters. The van der Waals surface area contributed by atoms with Crippen molar-refractivity contribution in [2.24, 2.45) is 5.10 Å². The first-order valence-corrected chi connectivity index (χ1v) is 8.35. The molecule has 0 fully saturated rings. The molecule has 2 N–H and O–H groups in total. The van der Waals surface area contributed by atoms with E-state index < -0.39 is 5.97 Å². The molecule has 6 nitrogen and oxygen atoms in total. The summed E-state index contributed by atoms with van der Waals surface area (Å²) in [6, 6.07) is 13.5. The largest absolute Gasteiger partial charge is 0.478 e. The third kappa shape index (κ3) is 3.71. The topological polar surface area (TPSA) is 79.5 Å². The summed E-state index contributed by atoms with van der Waals surface area (Å²) in [7, 11) is 0. The van der Waals surface area contributed by atoms with Gasteiger partial charge in [0.05, 0.1) is 39.4 Å². The molecule has 0 saturated heterocycles. The molecule has 3 rings (SSSR count). The number of anilines is 1. The number of hydrogen-bond donors (Lipinski definition) is 2. The van der Waals surface area contributed by atoms with E-state index in [0.717, 1.165) is 0 Å². The van der Waals surface area contributed by atoms with Crippen molar-refractivity contribution < 1.29 is 9.90 Å². The molecule has 132 valence electrons. The van der Waals surface area contributed by atoms with Gasteiger partial charge >= 0.3 is 5.97 Å². The fourth-order valence-corrected chi connectivity index (χ4v) is 2.83. The average molecular weight is 389 g/mol. The van der Waals surface area contributed by atoms with Gasteiger partial charge in [-0.05, 0) is 43.3 Å². The van der Waals surface area contributed by atoms with Crippen LogP contribution in [0.3, 0.4) is 0 Å². The Bertz CT molecular complexity index is 981. The summed E-state index contributed by atoms with van der Waals surface area (Å²) in [6.45, 7) is 1.82. The fourth-order valence-electron chi connectivity index (χ4n) is 2.30. The van der Waals surface area contributed by atoms with Crippen LogP contribution in [0.4, 0.5) is 5.69 Å². The number of benzene rings is 2. The Morgan fingerprint density at radius 3 is 2.54 bits per heavy atom. The Balaban J connectivity index is 1.81. The number of hydrogen-bond acceptors (Lipinski definition) is 4. The van der Waals surface area contributed by atoms with Crippen molar-refractivity contribution in [2.45, 2.75) is 6.92 Å². The smallest absolute Gasteiger partial charge is 0.335 e. The van der Waals surface area contributed by atoms with Crippen molar-refractivity contribution in [3.8, 4) is 5.69 Å². The van der Waals surface area contributed by atoms with Gasteiger partial charge in [0.2, 0.25) is 0 Å². The molecule has 0 spiro atoms. The van der Waals surface area contributed by atoms with Crippen molar-refractivity contribution in [1.29, 1.82) is 0 Å². The number of carboxylic acid groups (broad SMARTS) is 1. The summed E-state index contributed by atoms with van der Waals surface area (Å²) in [5, 5.41) is 18.4. The zero-order chi connectivity index (χ0) is 18.7. The summed E-state index contributed by atoms with van der Waals surface area (Å²) in [5.41, 5.74) is 5.72. The first-order valence-electron chi connectivity index (χ1n) is 7.60. The molecule has 2 aromatic carbocycles. The molecule has 0 atom stereocenters. The number of aromatic nitrogens is 2. The number of nitrogens with one attached hydrogen (secondary N) is 1. The van der Waals surface area contributed by atoms with Gasteiger partial charge in [0.1, 0.15) is 5.15 Å². The maximum Gasteiger partial charge on any atom is 0.335 e. The van der Waals surface area contributed by atoms with E-state index in [2.05, 4.69) is 15.6 Å². The monoisotopic (exact) mass is 388 g/mol. The second-order valence-electron chi connectivity index (χ2n) is 5.41. The number of para-hydroxylation sites is 1. The van der Waals surface area contributed by atoms with E-state index >= 15 is 0 Å². The Hall–Kier alpha value is -2.83. The lowest BCUT2D eigenvalue weighted by atomic mass is 10.2. The summed E-state index contributed by atoms with van der Waals surface area (Å²) >= 11 is 12.6. The molecule has 0 saturated carbocycles. The molecular weight excluding hydrogens is 375 g/mol.